The molecule has 0 aliphatic heterocycles. The van der Waals surface area contributed by atoms with E-state index in [9.17, 15) is 27.2 Å². The highest BCUT2D eigenvalue weighted by molar-refractivity contribution is 6.42. The molecule has 0 spiro atoms. The minimum atomic E-state index is -4.76. The molecule has 0 unspecified atom stereocenters. The number of primary amides is 1. The second-order valence-electron chi connectivity index (χ2n) is 8.83. The number of nitrogens with two attached hydrogens (primary N) is 1. The molecule has 0 bridgehead atoms. The van der Waals surface area contributed by atoms with Crippen molar-refractivity contribution in [2.24, 2.45) is 5.73 Å². The predicted molar refractivity (Wildman–Crippen MR) is 132 cm³/mol. The van der Waals surface area contributed by atoms with Gasteiger partial charge in [0.05, 0.1) is 15.6 Å². The lowest BCUT2D eigenvalue weighted by Crippen LogP contribution is -2.35. The van der Waals surface area contributed by atoms with Crippen LogP contribution in [-0.4, -0.2) is 48.8 Å². The number of amides is 2. The number of hydrogen-bond acceptors (Lipinski definition) is 3. The third-order valence-electron chi connectivity index (χ3n) is 5.72. The average Bonchev–Trinajstić information content (AvgIpc) is 2.76. The third kappa shape index (κ3) is 9.26. The van der Waals surface area contributed by atoms with Crippen LogP contribution in [0.5, 0.6) is 0 Å². The fourth-order valence-electron chi connectivity index (χ4n) is 3.87. The first-order valence-corrected chi connectivity index (χ1v) is 12.0. The van der Waals surface area contributed by atoms with E-state index in [1.165, 1.54) is 6.07 Å². The van der Waals surface area contributed by atoms with Crippen molar-refractivity contribution in [1.29, 1.82) is 0 Å². The van der Waals surface area contributed by atoms with E-state index in [0.717, 1.165) is 17.7 Å². The summed E-state index contributed by atoms with van der Waals surface area (Å²) >= 11 is 12.3. The van der Waals surface area contributed by atoms with E-state index in [4.69, 9.17) is 28.9 Å². The van der Waals surface area contributed by atoms with Crippen LogP contribution in [0, 0.1) is 5.82 Å². The van der Waals surface area contributed by atoms with Crippen molar-refractivity contribution < 1.29 is 27.2 Å². The van der Waals surface area contributed by atoms with Gasteiger partial charge in [-0.25, -0.2) is 4.39 Å². The lowest BCUT2D eigenvalue weighted by molar-refractivity contribution is -0.140. The van der Waals surface area contributed by atoms with E-state index in [1.54, 1.807) is 37.2 Å². The van der Waals surface area contributed by atoms with Crippen LogP contribution in [0.15, 0.2) is 36.4 Å². The highest BCUT2D eigenvalue weighted by Crippen LogP contribution is 2.32. The Labute approximate surface area is 218 Å². The van der Waals surface area contributed by atoms with E-state index in [1.807, 2.05) is 4.90 Å². The minimum absolute atomic E-state index is 0.100. The SMILES string of the molecule is CN(Cc1ccc(C(F)(F)F)c(F)c1)C[C@H](CN(C)C(=O)CCCCC(N)=O)c1ccc(Cl)c(Cl)c1. The molecular formula is C25H29Cl2F4N3O2. The Morgan fingerprint density at radius 2 is 1.64 bits per heavy atom. The summed E-state index contributed by atoms with van der Waals surface area (Å²) in [6.07, 6.45) is -3.22. The largest absolute Gasteiger partial charge is 0.419 e. The molecule has 1 atom stereocenters. The predicted octanol–water partition coefficient (Wildman–Crippen LogP) is 5.87. The van der Waals surface area contributed by atoms with Gasteiger partial charge in [0, 0.05) is 45.4 Å². The summed E-state index contributed by atoms with van der Waals surface area (Å²) in [6.45, 7) is 0.926. The molecule has 2 aromatic carbocycles. The van der Waals surface area contributed by atoms with Gasteiger partial charge in [-0.2, -0.15) is 13.2 Å². The fourth-order valence-corrected chi connectivity index (χ4v) is 4.18. The van der Waals surface area contributed by atoms with Gasteiger partial charge < -0.3 is 15.5 Å². The van der Waals surface area contributed by atoms with E-state index in [-0.39, 0.29) is 31.2 Å². The number of rotatable bonds is 12. The molecule has 5 nitrogen and oxygen atoms in total. The number of carbonyl (C=O) groups excluding carboxylic acids is 2. The van der Waals surface area contributed by atoms with E-state index < -0.39 is 23.5 Å². The third-order valence-corrected chi connectivity index (χ3v) is 6.46. The lowest BCUT2D eigenvalue weighted by Gasteiger charge is -2.29. The lowest BCUT2D eigenvalue weighted by atomic mass is 9.97. The minimum Gasteiger partial charge on any atom is -0.370 e. The zero-order valence-corrected chi connectivity index (χ0v) is 21.6. The van der Waals surface area contributed by atoms with Crippen LogP contribution < -0.4 is 5.73 Å². The second-order valence-corrected chi connectivity index (χ2v) is 9.64. The van der Waals surface area contributed by atoms with Crippen molar-refractivity contribution in [3.8, 4) is 0 Å². The van der Waals surface area contributed by atoms with E-state index >= 15 is 0 Å². The summed E-state index contributed by atoms with van der Waals surface area (Å²) in [5.74, 6) is -2.05. The Hall–Kier alpha value is -2.36. The molecule has 0 aliphatic carbocycles. The zero-order valence-electron chi connectivity index (χ0n) is 20.0. The molecule has 36 heavy (non-hydrogen) atoms. The van der Waals surface area contributed by atoms with Crippen molar-refractivity contribution in [2.45, 2.75) is 44.3 Å². The molecule has 0 saturated carbocycles. The molecule has 11 heteroatoms. The van der Waals surface area contributed by atoms with Gasteiger partial charge in [0.25, 0.3) is 0 Å². The van der Waals surface area contributed by atoms with Crippen molar-refractivity contribution in [3.63, 3.8) is 0 Å². The molecule has 0 heterocycles. The maximum atomic E-state index is 14.0. The highest BCUT2D eigenvalue weighted by Gasteiger charge is 2.34. The number of alkyl halides is 3. The van der Waals surface area contributed by atoms with Crippen molar-refractivity contribution >= 4 is 35.0 Å². The molecule has 2 N–H and O–H groups in total. The van der Waals surface area contributed by atoms with Gasteiger partial charge >= 0.3 is 6.18 Å². The zero-order chi connectivity index (χ0) is 27.0. The molecule has 2 rings (SSSR count). The Kier molecular flexibility index (Phi) is 11.0. The maximum absolute atomic E-state index is 14.0. The average molecular weight is 550 g/mol. The summed E-state index contributed by atoms with van der Waals surface area (Å²) in [7, 11) is 3.43. The van der Waals surface area contributed by atoms with Gasteiger partial charge in [-0.3, -0.25) is 9.59 Å². The van der Waals surface area contributed by atoms with E-state index in [0.29, 0.717) is 41.5 Å². The summed E-state index contributed by atoms with van der Waals surface area (Å²) in [5.41, 5.74) is 5.03. The summed E-state index contributed by atoms with van der Waals surface area (Å²) in [5, 5.41) is 0.735. The first-order chi connectivity index (χ1) is 16.8. The Morgan fingerprint density at radius 3 is 2.22 bits per heavy atom. The van der Waals surface area contributed by atoms with Crippen molar-refractivity contribution in [2.75, 3.05) is 27.2 Å². The summed E-state index contributed by atoms with van der Waals surface area (Å²) in [6, 6.07) is 8.04. The Balaban J connectivity index is 2.12. The molecule has 0 fully saturated rings. The maximum Gasteiger partial charge on any atom is 0.419 e. The summed E-state index contributed by atoms with van der Waals surface area (Å²) in [4.78, 5) is 26.9. The monoisotopic (exact) mass is 549 g/mol. The fraction of sp³-hybridized carbons (Fsp3) is 0.440. The van der Waals surface area contributed by atoms with Gasteiger partial charge in [0.1, 0.15) is 5.82 Å². The van der Waals surface area contributed by atoms with E-state index in [2.05, 4.69) is 0 Å². The number of nitrogens with zero attached hydrogens (tertiary/aromatic N) is 2. The van der Waals surface area contributed by atoms with Crippen LogP contribution in [0.3, 0.4) is 0 Å². The van der Waals surface area contributed by atoms with Gasteiger partial charge in [-0.1, -0.05) is 35.3 Å². The molecular weight excluding hydrogens is 521 g/mol. The number of likely N-dealkylation sites (N-methyl/N-ethyl adjacent to an activating group) is 2. The van der Waals surface area contributed by atoms with Gasteiger partial charge in [-0.15, -0.1) is 0 Å². The molecule has 198 valence electrons. The normalized spacial score (nSPS) is 12.6. The van der Waals surface area contributed by atoms with Crippen LogP contribution >= 0.6 is 23.2 Å². The molecule has 0 aromatic heterocycles. The number of benzene rings is 2. The van der Waals surface area contributed by atoms with Crippen LogP contribution in [0.2, 0.25) is 10.0 Å². The van der Waals surface area contributed by atoms with Crippen molar-refractivity contribution in [3.05, 3.63) is 69.0 Å². The molecule has 0 saturated heterocycles. The van der Waals surface area contributed by atoms with Gasteiger partial charge in [0.2, 0.25) is 11.8 Å². The molecule has 2 amide bonds. The van der Waals surface area contributed by atoms with Gasteiger partial charge in [0.15, 0.2) is 0 Å². The summed E-state index contributed by atoms with van der Waals surface area (Å²) < 4.78 is 52.6. The topological polar surface area (TPSA) is 66.6 Å². The standard InChI is InChI=1S/C25H29Cl2F4N3O2/c1-33(13-16-7-9-19(22(28)11-16)25(29,30)31)14-18(17-8-10-20(26)21(27)12-17)15-34(2)24(36)6-4-3-5-23(32)35/h7-12,18H,3-6,13-15H2,1-2H3,(H2,32,35)/t18-/m1/s1. The van der Waals surface area contributed by atoms with Crippen LogP contribution in [0.25, 0.3) is 0 Å². The van der Waals surface area contributed by atoms with Crippen LogP contribution in [0.4, 0.5) is 17.6 Å². The molecule has 2 aromatic rings. The number of halogens is 6. The van der Waals surface area contributed by atoms with Gasteiger partial charge in [-0.05, 0) is 55.3 Å². The smallest absolute Gasteiger partial charge is 0.370 e. The molecule has 0 radical (unpaired) electrons. The quantitative estimate of drug-likeness (QED) is 0.266. The first-order valence-electron chi connectivity index (χ1n) is 11.3. The number of unbranched alkanes of at least 4 members (excludes halogenated alkanes) is 1. The highest BCUT2D eigenvalue weighted by atomic mass is 35.5. The van der Waals surface area contributed by atoms with Crippen LogP contribution in [0.1, 0.15) is 48.3 Å². The number of hydrogen-bond donors (Lipinski definition) is 1. The Morgan fingerprint density at radius 1 is 0.972 bits per heavy atom. The first kappa shape index (κ1) is 29.9. The second kappa shape index (κ2) is 13.3. The van der Waals surface area contributed by atoms with Crippen LogP contribution in [-0.2, 0) is 22.3 Å². The number of carbonyl (C=O) groups is 2. The Bertz CT molecular complexity index is 1070. The molecule has 0 aliphatic rings. The van der Waals surface area contributed by atoms with Crippen molar-refractivity contribution in [1.82, 2.24) is 9.80 Å².